The number of para-hydroxylation sites is 1. The molecule has 1 aliphatic heterocycles. The van der Waals surface area contributed by atoms with Crippen molar-refractivity contribution in [2.45, 2.75) is 30.4 Å². The third-order valence-electron chi connectivity index (χ3n) is 3.60. The summed E-state index contributed by atoms with van der Waals surface area (Å²) in [5.74, 6) is -3.12. The first kappa shape index (κ1) is 16.7. The molecule has 1 saturated heterocycles. The van der Waals surface area contributed by atoms with Crippen molar-refractivity contribution in [2.75, 3.05) is 18.4 Å². The number of benzene rings is 1. The van der Waals surface area contributed by atoms with Gasteiger partial charge >= 0.3 is 0 Å². The molecule has 1 aromatic carbocycles. The number of carbonyl (C=O) groups is 2. The normalized spacial score (nSPS) is 18.4. The Morgan fingerprint density at radius 1 is 1.36 bits per heavy atom. The maximum atomic E-state index is 12.5. The minimum Gasteiger partial charge on any atom is -0.342 e. The summed E-state index contributed by atoms with van der Waals surface area (Å²) in [6.45, 7) is 2.52. The van der Waals surface area contributed by atoms with Crippen LogP contribution in [-0.4, -0.2) is 35.6 Å². The maximum Gasteiger partial charge on any atom is 0.288 e. The predicted octanol–water partition coefficient (Wildman–Crippen LogP) is 3.20. The van der Waals surface area contributed by atoms with Gasteiger partial charge in [-0.05, 0) is 25.0 Å². The second-order valence-corrected chi connectivity index (χ2v) is 6.20. The van der Waals surface area contributed by atoms with Crippen molar-refractivity contribution in [3.63, 3.8) is 0 Å². The lowest BCUT2D eigenvalue weighted by Crippen LogP contribution is -2.42. The molecule has 1 fully saturated rings. The highest BCUT2D eigenvalue weighted by Gasteiger charge is 2.27. The second kappa shape index (κ2) is 7.58. The van der Waals surface area contributed by atoms with Gasteiger partial charge in [-0.3, -0.25) is 9.59 Å². The van der Waals surface area contributed by atoms with E-state index in [4.69, 9.17) is 0 Å². The average molecular weight is 328 g/mol. The molecule has 0 bridgehead atoms. The molecule has 2 rings (SSSR count). The number of hydrogen-bond acceptors (Lipinski definition) is 3. The fourth-order valence-electron chi connectivity index (χ4n) is 2.48. The highest BCUT2D eigenvalue weighted by molar-refractivity contribution is 7.99. The van der Waals surface area contributed by atoms with Gasteiger partial charge in [-0.15, -0.1) is 0 Å². The molecule has 0 unspecified atom stereocenters. The van der Waals surface area contributed by atoms with Gasteiger partial charge in [-0.25, -0.2) is 0 Å². The average Bonchev–Trinajstić information content (AvgIpc) is 2.49. The van der Waals surface area contributed by atoms with Gasteiger partial charge in [0.15, 0.2) is 0 Å². The Balaban J connectivity index is 2.04. The number of nitrogens with zero attached hydrogens (tertiary/aromatic N) is 1. The third kappa shape index (κ3) is 4.43. The minimum absolute atomic E-state index is 0.0499. The molecule has 1 N–H and O–H groups in total. The van der Waals surface area contributed by atoms with Crippen molar-refractivity contribution in [3.8, 4) is 0 Å². The molecular formula is C15H18F2N2O2S. The van der Waals surface area contributed by atoms with Crippen molar-refractivity contribution >= 4 is 29.3 Å². The lowest BCUT2D eigenvalue weighted by molar-refractivity contribution is -0.132. The molecule has 0 spiro atoms. The van der Waals surface area contributed by atoms with Gasteiger partial charge in [-0.2, -0.15) is 8.78 Å². The molecule has 0 saturated carbocycles. The van der Waals surface area contributed by atoms with Gasteiger partial charge < -0.3 is 10.2 Å². The van der Waals surface area contributed by atoms with Crippen LogP contribution in [0.4, 0.5) is 14.5 Å². The van der Waals surface area contributed by atoms with Crippen LogP contribution < -0.4 is 5.32 Å². The molecular weight excluding hydrogens is 310 g/mol. The number of hydrogen-bond donors (Lipinski definition) is 1. The fraction of sp³-hybridized carbons (Fsp3) is 0.467. The Labute approximate surface area is 132 Å². The van der Waals surface area contributed by atoms with E-state index in [1.165, 1.54) is 6.92 Å². The van der Waals surface area contributed by atoms with Gasteiger partial charge in [0.2, 0.25) is 11.8 Å². The molecule has 0 aromatic heterocycles. The molecule has 120 valence electrons. The molecule has 1 aliphatic rings. The summed E-state index contributed by atoms with van der Waals surface area (Å²) in [6.07, 6.45) is 1.46. The molecule has 0 radical (unpaired) electrons. The number of nitrogens with one attached hydrogen (secondary N) is 1. The van der Waals surface area contributed by atoms with Crippen molar-refractivity contribution in [2.24, 2.45) is 5.92 Å². The van der Waals surface area contributed by atoms with Gasteiger partial charge in [-0.1, -0.05) is 23.9 Å². The van der Waals surface area contributed by atoms with Crippen LogP contribution in [0.3, 0.4) is 0 Å². The summed E-state index contributed by atoms with van der Waals surface area (Å²) in [6, 6.07) is 6.50. The topological polar surface area (TPSA) is 49.4 Å². The molecule has 22 heavy (non-hydrogen) atoms. The van der Waals surface area contributed by atoms with Crippen molar-refractivity contribution in [3.05, 3.63) is 24.3 Å². The van der Waals surface area contributed by atoms with Crippen LogP contribution in [0.2, 0.25) is 0 Å². The number of halogens is 2. The maximum absolute atomic E-state index is 12.5. The minimum atomic E-state index is -2.54. The summed E-state index contributed by atoms with van der Waals surface area (Å²) >= 11 is 0.407. The SMILES string of the molecule is CC(=O)N1CCC[C@H](C(=O)Nc2ccccc2SC(F)F)C1. The van der Waals surface area contributed by atoms with Crippen LogP contribution in [-0.2, 0) is 9.59 Å². The smallest absolute Gasteiger partial charge is 0.288 e. The van der Waals surface area contributed by atoms with Gasteiger partial charge in [0, 0.05) is 24.9 Å². The Morgan fingerprint density at radius 2 is 2.09 bits per heavy atom. The molecule has 4 nitrogen and oxygen atoms in total. The molecule has 1 aromatic rings. The summed E-state index contributed by atoms with van der Waals surface area (Å²) in [5.41, 5.74) is 0.387. The predicted molar refractivity (Wildman–Crippen MR) is 81.9 cm³/mol. The number of alkyl halides is 2. The van der Waals surface area contributed by atoms with E-state index in [1.54, 1.807) is 29.2 Å². The number of carbonyl (C=O) groups excluding carboxylic acids is 2. The standard InChI is InChI=1S/C15H18F2N2O2S/c1-10(20)19-8-4-5-11(9-19)14(21)18-12-6-2-3-7-13(12)22-15(16)17/h2-3,6-7,11,15H,4-5,8-9H2,1H3,(H,18,21)/t11-/m0/s1. The zero-order valence-corrected chi connectivity index (χ0v) is 13.0. The molecule has 1 heterocycles. The van der Waals surface area contributed by atoms with Crippen LogP contribution in [0.15, 0.2) is 29.2 Å². The number of piperidine rings is 1. The van der Waals surface area contributed by atoms with Crippen molar-refractivity contribution in [1.29, 1.82) is 0 Å². The Kier molecular flexibility index (Phi) is 5.76. The zero-order chi connectivity index (χ0) is 16.1. The third-order valence-corrected chi connectivity index (χ3v) is 4.39. The lowest BCUT2D eigenvalue weighted by Gasteiger charge is -2.31. The lowest BCUT2D eigenvalue weighted by atomic mass is 9.97. The van der Waals surface area contributed by atoms with Crippen LogP contribution in [0.5, 0.6) is 0 Å². The van der Waals surface area contributed by atoms with E-state index < -0.39 is 5.76 Å². The number of likely N-dealkylation sites (tertiary alicyclic amines) is 1. The molecule has 1 atom stereocenters. The number of anilines is 1. The highest BCUT2D eigenvalue weighted by Crippen LogP contribution is 2.32. The number of thioether (sulfide) groups is 1. The van der Waals surface area contributed by atoms with E-state index >= 15 is 0 Å². The Morgan fingerprint density at radius 3 is 2.77 bits per heavy atom. The van der Waals surface area contributed by atoms with E-state index in [1.807, 2.05) is 0 Å². The van der Waals surface area contributed by atoms with E-state index in [9.17, 15) is 18.4 Å². The first-order chi connectivity index (χ1) is 10.5. The largest absolute Gasteiger partial charge is 0.342 e. The van der Waals surface area contributed by atoms with E-state index in [0.717, 1.165) is 6.42 Å². The van der Waals surface area contributed by atoms with Crippen LogP contribution in [0.1, 0.15) is 19.8 Å². The van der Waals surface area contributed by atoms with Crippen LogP contribution >= 0.6 is 11.8 Å². The van der Waals surface area contributed by atoms with E-state index in [-0.39, 0.29) is 17.7 Å². The number of amides is 2. The fourth-order valence-corrected chi connectivity index (χ4v) is 3.08. The summed E-state index contributed by atoms with van der Waals surface area (Å²) in [5, 5.41) is 2.71. The summed E-state index contributed by atoms with van der Waals surface area (Å²) in [7, 11) is 0. The first-order valence-corrected chi connectivity index (χ1v) is 7.95. The highest BCUT2D eigenvalue weighted by atomic mass is 32.2. The Bertz CT molecular complexity index is 554. The second-order valence-electron chi connectivity index (χ2n) is 5.17. The van der Waals surface area contributed by atoms with E-state index in [0.29, 0.717) is 41.9 Å². The van der Waals surface area contributed by atoms with E-state index in [2.05, 4.69) is 5.32 Å². The summed E-state index contributed by atoms with van der Waals surface area (Å²) in [4.78, 5) is 25.7. The van der Waals surface area contributed by atoms with Gasteiger partial charge in [0.1, 0.15) is 0 Å². The summed E-state index contributed by atoms with van der Waals surface area (Å²) < 4.78 is 25.1. The molecule has 7 heteroatoms. The molecule has 0 aliphatic carbocycles. The quantitative estimate of drug-likeness (QED) is 0.864. The monoisotopic (exact) mass is 328 g/mol. The van der Waals surface area contributed by atoms with Crippen LogP contribution in [0.25, 0.3) is 0 Å². The van der Waals surface area contributed by atoms with Crippen molar-refractivity contribution < 1.29 is 18.4 Å². The molecule has 2 amide bonds. The van der Waals surface area contributed by atoms with Crippen LogP contribution in [0, 0.1) is 5.92 Å². The van der Waals surface area contributed by atoms with Gasteiger partial charge in [0.05, 0.1) is 11.6 Å². The first-order valence-electron chi connectivity index (χ1n) is 7.07. The Hall–Kier alpha value is -1.63. The number of rotatable bonds is 4. The zero-order valence-electron chi connectivity index (χ0n) is 12.2. The van der Waals surface area contributed by atoms with Gasteiger partial charge in [0.25, 0.3) is 5.76 Å². The van der Waals surface area contributed by atoms with Crippen molar-refractivity contribution in [1.82, 2.24) is 4.90 Å².